The Hall–Kier alpha value is -1.07. The topological polar surface area (TPSA) is 63.4 Å². The first kappa shape index (κ1) is 12.0. The lowest BCUT2D eigenvalue weighted by Crippen LogP contribution is -2.38. The number of nitrogens with two attached hydrogens (primary N) is 1. The number of anilines is 1. The Kier molecular flexibility index (Phi) is 2.83. The zero-order valence-corrected chi connectivity index (χ0v) is 11.1. The van der Waals surface area contributed by atoms with Gasteiger partial charge in [-0.1, -0.05) is 18.2 Å². The lowest BCUT2D eigenvalue weighted by atomic mass is 10.1. The molecule has 2 N–H and O–H groups in total. The van der Waals surface area contributed by atoms with Gasteiger partial charge < -0.3 is 5.73 Å². The largest absolute Gasteiger partial charge is 0.398 e. The molecule has 1 aromatic rings. The molecule has 2 bridgehead atoms. The molecule has 5 heteroatoms. The summed E-state index contributed by atoms with van der Waals surface area (Å²) in [5, 5.41) is 0. The van der Waals surface area contributed by atoms with Crippen molar-refractivity contribution < 1.29 is 8.42 Å². The van der Waals surface area contributed by atoms with Gasteiger partial charge in [0.15, 0.2) is 0 Å². The van der Waals surface area contributed by atoms with Crippen LogP contribution in [0.3, 0.4) is 0 Å². The number of nitrogen functional groups attached to an aromatic ring is 1. The van der Waals surface area contributed by atoms with Crippen LogP contribution in [0.2, 0.25) is 0 Å². The number of benzene rings is 1. The van der Waals surface area contributed by atoms with Gasteiger partial charge in [0.25, 0.3) is 0 Å². The number of piperidine rings is 1. The smallest absolute Gasteiger partial charge is 0.218 e. The van der Waals surface area contributed by atoms with E-state index in [1.165, 1.54) is 6.42 Å². The van der Waals surface area contributed by atoms with E-state index in [1.54, 1.807) is 16.4 Å². The number of rotatable bonds is 3. The van der Waals surface area contributed by atoms with E-state index < -0.39 is 10.0 Å². The number of para-hydroxylation sites is 1. The van der Waals surface area contributed by atoms with E-state index in [9.17, 15) is 8.42 Å². The van der Waals surface area contributed by atoms with Gasteiger partial charge in [0.1, 0.15) is 0 Å². The summed E-state index contributed by atoms with van der Waals surface area (Å²) in [5.41, 5.74) is 7.09. The number of sulfonamides is 1. The number of hydrogen-bond donors (Lipinski definition) is 1. The molecule has 3 rings (SSSR count). The second-order valence-electron chi connectivity index (χ2n) is 5.36. The molecule has 2 unspecified atom stereocenters. The lowest BCUT2D eigenvalue weighted by Gasteiger charge is -2.26. The van der Waals surface area contributed by atoms with Gasteiger partial charge in [-0.15, -0.1) is 0 Å². The lowest BCUT2D eigenvalue weighted by molar-refractivity contribution is 0.333. The van der Waals surface area contributed by atoms with Crippen LogP contribution in [0.1, 0.15) is 24.8 Å². The van der Waals surface area contributed by atoms with Crippen LogP contribution >= 0.6 is 0 Å². The fourth-order valence-corrected chi connectivity index (χ4v) is 5.07. The Morgan fingerprint density at radius 2 is 2.06 bits per heavy atom. The third-order valence-electron chi connectivity index (χ3n) is 4.11. The summed E-state index contributed by atoms with van der Waals surface area (Å²) in [6.45, 7) is 0.708. The quantitative estimate of drug-likeness (QED) is 0.845. The van der Waals surface area contributed by atoms with Gasteiger partial charge in [-0.25, -0.2) is 8.42 Å². The van der Waals surface area contributed by atoms with Crippen molar-refractivity contribution in [2.75, 3.05) is 12.3 Å². The minimum absolute atomic E-state index is 0.0306. The van der Waals surface area contributed by atoms with Crippen LogP contribution in [0.15, 0.2) is 24.3 Å². The first-order valence-electron chi connectivity index (χ1n) is 6.39. The molecule has 1 aliphatic heterocycles. The monoisotopic (exact) mass is 266 g/mol. The zero-order valence-electron chi connectivity index (χ0n) is 10.2. The highest BCUT2D eigenvalue weighted by molar-refractivity contribution is 7.88. The van der Waals surface area contributed by atoms with Crippen molar-refractivity contribution in [3.8, 4) is 0 Å². The van der Waals surface area contributed by atoms with Crippen molar-refractivity contribution in [1.29, 1.82) is 0 Å². The summed E-state index contributed by atoms with van der Waals surface area (Å²) >= 11 is 0. The molecular weight excluding hydrogens is 248 g/mol. The predicted octanol–water partition coefficient (Wildman–Crippen LogP) is 1.58. The minimum atomic E-state index is -3.21. The van der Waals surface area contributed by atoms with E-state index >= 15 is 0 Å². The van der Waals surface area contributed by atoms with Gasteiger partial charge in [-0.05, 0) is 36.8 Å². The van der Waals surface area contributed by atoms with E-state index in [-0.39, 0.29) is 11.8 Å². The second-order valence-corrected chi connectivity index (χ2v) is 7.28. The number of hydrogen-bond acceptors (Lipinski definition) is 3. The van der Waals surface area contributed by atoms with Crippen molar-refractivity contribution in [2.24, 2.45) is 5.92 Å². The molecule has 1 aromatic carbocycles. The molecule has 2 atom stereocenters. The van der Waals surface area contributed by atoms with Crippen molar-refractivity contribution in [2.45, 2.75) is 31.1 Å². The van der Waals surface area contributed by atoms with E-state index in [0.29, 0.717) is 23.7 Å². The molecule has 0 radical (unpaired) electrons. The SMILES string of the molecule is Nc1ccccc1CS(=O)(=O)N1CC2CCC1C2. The maximum atomic E-state index is 12.4. The highest BCUT2D eigenvalue weighted by Crippen LogP contribution is 2.39. The highest BCUT2D eigenvalue weighted by Gasteiger charge is 2.43. The molecule has 0 amide bonds. The molecule has 0 aromatic heterocycles. The summed E-state index contributed by atoms with van der Waals surface area (Å²) < 4.78 is 26.5. The van der Waals surface area contributed by atoms with Crippen LogP contribution in [0.4, 0.5) is 5.69 Å². The summed E-state index contributed by atoms with van der Waals surface area (Å²) in [5.74, 6) is 0.612. The Morgan fingerprint density at radius 1 is 1.28 bits per heavy atom. The third-order valence-corrected chi connectivity index (χ3v) is 5.95. The molecular formula is C13H18N2O2S. The van der Waals surface area contributed by atoms with Crippen molar-refractivity contribution in [3.05, 3.63) is 29.8 Å². The summed E-state index contributed by atoms with van der Waals surface area (Å²) in [4.78, 5) is 0. The molecule has 18 heavy (non-hydrogen) atoms. The molecule has 1 saturated heterocycles. The fourth-order valence-electron chi connectivity index (χ4n) is 3.17. The van der Waals surface area contributed by atoms with E-state index in [0.717, 1.165) is 12.8 Å². The van der Waals surface area contributed by atoms with E-state index in [4.69, 9.17) is 5.73 Å². The molecule has 2 aliphatic rings. The Morgan fingerprint density at radius 3 is 2.67 bits per heavy atom. The molecule has 0 spiro atoms. The van der Waals surface area contributed by atoms with Crippen LogP contribution < -0.4 is 5.73 Å². The van der Waals surface area contributed by atoms with Crippen LogP contribution in [0, 0.1) is 5.92 Å². The Bertz CT molecular complexity index is 556. The van der Waals surface area contributed by atoms with Crippen LogP contribution in [0.25, 0.3) is 0 Å². The number of fused-ring (bicyclic) bond motifs is 2. The normalized spacial score (nSPS) is 27.8. The standard InChI is InChI=1S/C13H18N2O2S/c14-13-4-2-1-3-11(13)9-18(16,17)15-8-10-5-6-12(15)7-10/h1-4,10,12H,5-9,14H2. The minimum Gasteiger partial charge on any atom is -0.398 e. The second kappa shape index (κ2) is 4.24. The first-order chi connectivity index (χ1) is 8.56. The molecule has 2 fully saturated rings. The van der Waals surface area contributed by atoms with Gasteiger partial charge >= 0.3 is 0 Å². The van der Waals surface area contributed by atoms with Gasteiger partial charge in [0, 0.05) is 18.3 Å². The third kappa shape index (κ3) is 2.01. The van der Waals surface area contributed by atoms with Crippen molar-refractivity contribution in [1.82, 2.24) is 4.31 Å². The van der Waals surface area contributed by atoms with Crippen molar-refractivity contribution >= 4 is 15.7 Å². The van der Waals surface area contributed by atoms with Gasteiger partial charge in [-0.2, -0.15) is 4.31 Å². The molecule has 1 heterocycles. The summed E-state index contributed by atoms with van der Waals surface area (Å²) in [7, 11) is -3.21. The summed E-state index contributed by atoms with van der Waals surface area (Å²) in [6.07, 6.45) is 3.25. The number of nitrogens with zero attached hydrogens (tertiary/aromatic N) is 1. The first-order valence-corrected chi connectivity index (χ1v) is 8.00. The zero-order chi connectivity index (χ0) is 12.8. The van der Waals surface area contributed by atoms with Gasteiger partial charge in [0.2, 0.25) is 10.0 Å². The Labute approximate surface area is 108 Å². The fraction of sp³-hybridized carbons (Fsp3) is 0.538. The van der Waals surface area contributed by atoms with Crippen LogP contribution in [0.5, 0.6) is 0 Å². The van der Waals surface area contributed by atoms with E-state index in [1.807, 2.05) is 12.1 Å². The molecule has 1 aliphatic carbocycles. The Balaban J connectivity index is 1.82. The molecule has 1 saturated carbocycles. The summed E-state index contributed by atoms with van der Waals surface area (Å²) in [6, 6.07) is 7.44. The van der Waals surface area contributed by atoms with Gasteiger partial charge in [-0.3, -0.25) is 0 Å². The average Bonchev–Trinajstić information content (AvgIpc) is 2.94. The maximum Gasteiger partial charge on any atom is 0.218 e. The maximum absolute atomic E-state index is 12.4. The average molecular weight is 266 g/mol. The molecule has 98 valence electrons. The highest BCUT2D eigenvalue weighted by atomic mass is 32.2. The van der Waals surface area contributed by atoms with Gasteiger partial charge in [0.05, 0.1) is 5.75 Å². The molecule has 4 nitrogen and oxygen atoms in total. The van der Waals surface area contributed by atoms with Crippen molar-refractivity contribution in [3.63, 3.8) is 0 Å². The predicted molar refractivity (Wildman–Crippen MR) is 71.3 cm³/mol. The van der Waals surface area contributed by atoms with Crippen LogP contribution in [-0.4, -0.2) is 25.3 Å². The van der Waals surface area contributed by atoms with E-state index in [2.05, 4.69) is 0 Å². The van der Waals surface area contributed by atoms with Crippen LogP contribution in [-0.2, 0) is 15.8 Å².